The first-order chi connectivity index (χ1) is 10.3. The van der Waals surface area contributed by atoms with Crippen molar-refractivity contribution in [2.45, 2.75) is 38.6 Å². The highest BCUT2D eigenvalue weighted by atomic mass is 16.5. The Morgan fingerprint density at radius 2 is 1.82 bits per heavy atom. The molecule has 118 valence electrons. The van der Waals surface area contributed by atoms with Crippen LogP contribution >= 0.6 is 0 Å². The summed E-state index contributed by atoms with van der Waals surface area (Å²) in [4.78, 5) is 4.24. The number of aromatic nitrogens is 1. The number of hydrogen-bond acceptors (Lipinski definition) is 4. The fourth-order valence-electron chi connectivity index (χ4n) is 2.13. The standard InChI is InChI=1S/C18H25N3O/c1-18(2,3)14-9-17(11-21-10-14)22-12-16(20)8-13-4-6-15(19)7-5-13/h4-7,9-11,16H,8,12,19-20H2,1-3H3/t16-/m0/s1. The third-order valence-electron chi connectivity index (χ3n) is 3.52. The molecule has 0 spiro atoms. The van der Waals surface area contributed by atoms with E-state index in [1.165, 1.54) is 0 Å². The molecular weight excluding hydrogens is 274 g/mol. The Morgan fingerprint density at radius 3 is 2.45 bits per heavy atom. The van der Waals surface area contributed by atoms with Crippen LogP contribution in [-0.2, 0) is 11.8 Å². The van der Waals surface area contributed by atoms with E-state index in [4.69, 9.17) is 16.2 Å². The quantitative estimate of drug-likeness (QED) is 0.833. The van der Waals surface area contributed by atoms with Crippen molar-refractivity contribution >= 4 is 5.69 Å². The molecule has 0 aliphatic carbocycles. The fourth-order valence-corrected chi connectivity index (χ4v) is 2.13. The van der Waals surface area contributed by atoms with Crippen molar-refractivity contribution in [1.82, 2.24) is 4.98 Å². The van der Waals surface area contributed by atoms with Crippen LogP contribution in [0.4, 0.5) is 5.69 Å². The van der Waals surface area contributed by atoms with Gasteiger partial charge in [0.05, 0.1) is 6.20 Å². The lowest BCUT2D eigenvalue weighted by atomic mass is 9.88. The predicted octanol–water partition coefficient (Wildman–Crippen LogP) is 2.91. The highest BCUT2D eigenvalue weighted by molar-refractivity contribution is 5.39. The van der Waals surface area contributed by atoms with Crippen molar-refractivity contribution in [3.63, 3.8) is 0 Å². The van der Waals surface area contributed by atoms with Crippen LogP contribution < -0.4 is 16.2 Å². The summed E-state index contributed by atoms with van der Waals surface area (Å²) >= 11 is 0. The molecule has 1 aromatic heterocycles. The first-order valence-electron chi connectivity index (χ1n) is 7.53. The number of pyridine rings is 1. The van der Waals surface area contributed by atoms with Gasteiger partial charge in [-0.15, -0.1) is 0 Å². The van der Waals surface area contributed by atoms with Gasteiger partial charge in [0, 0.05) is 17.9 Å². The monoisotopic (exact) mass is 299 g/mol. The number of benzene rings is 1. The van der Waals surface area contributed by atoms with Gasteiger partial charge >= 0.3 is 0 Å². The van der Waals surface area contributed by atoms with E-state index < -0.39 is 0 Å². The second-order valence-electron chi connectivity index (χ2n) is 6.68. The molecule has 4 N–H and O–H groups in total. The Labute approximate surface area is 132 Å². The zero-order chi connectivity index (χ0) is 16.2. The second-order valence-corrected chi connectivity index (χ2v) is 6.68. The molecule has 0 unspecified atom stereocenters. The number of hydrogen-bond donors (Lipinski definition) is 2. The number of ether oxygens (including phenoxy) is 1. The Hall–Kier alpha value is -2.07. The van der Waals surface area contributed by atoms with Gasteiger partial charge in [0.1, 0.15) is 12.4 Å². The van der Waals surface area contributed by atoms with Crippen molar-refractivity contribution < 1.29 is 4.74 Å². The average Bonchev–Trinajstić information content (AvgIpc) is 2.47. The van der Waals surface area contributed by atoms with Gasteiger partial charge in [-0.3, -0.25) is 4.98 Å². The number of anilines is 1. The number of nitrogens with two attached hydrogens (primary N) is 2. The van der Waals surface area contributed by atoms with Crippen LogP contribution in [0.2, 0.25) is 0 Å². The van der Waals surface area contributed by atoms with Crippen molar-refractivity contribution in [3.05, 3.63) is 53.9 Å². The molecular formula is C18H25N3O. The molecule has 0 aliphatic heterocycles. The Balaban J connectivity index is 1.91. The zero-order valence-corrected chi connectivity index (χ0v) is 13.5. The van der Waals surface area contributed by atoms with E-state index in [0.717, 1.165) is 29.0 Å². The largest absolute Gasteiger partial charge is 0.490 e. The van der Waals surface area contributed by atoms with E-state index in [1.807, 2.05) is 36.5 Å². The summed E-state index contributed by atoms with van der Waals surface area (Å²) < 4.78 is 5.79. The van der Waals surface area contributed by atoms with E-state index in [2.05, 4.69) is 25.8 Å². The smallest absolute Gasteiger partial charge is 0.137 e. The van der Waals surface area contributed by atoms with Crippen molar-refractivity contribution in [2.75, 3.05) is 12.3 Å². The molecule has 2 rings (SSSR count). The minimum atomic E-state index is -0.0677. The van der Waals surface area contributed by atoms with Gasteiger partial charge in [0.2, 0.25) is 0 Å². The van der Waals surface area contributed by atoms with Gasteiger partial charge in [-0.2, -0.15) is 0 Å². The first-order valence-corrected chi connectivity index (χ1v) is 7.53. The van der Waals surface area contributed by atoms with Gasteiger partial charge < -0.3 is 16.2 Å². The molecule has 4 heteroatoms. The van der Waals surface area contributed by atoms with Gasteiger partial charge in [0.25, 0.3) is 0 Å². The van der Waals surface area contributed by atoms with Crippen LogP contribution in [0, 0.1) is 0 Å². The maximum absolute atomic E-state index is 6.14. The second kappa shape index (κ2) is 6.79. The molecule has 2 aromatic rings. The van der Waals surface area contributed by atoms with E-state index in [-0.39, 0.29) is 11.5 Å². The van der Waals surface area contributed by atoms with Crippen molar-refractivity contribution in [1.29, 1.82) is 0 Å². The predicted molar refractivity (Wildman–Crippen MR) is 91.0 cm³/mol. The van der Waals surface area contributed by atoms with E-state index in [1.54, 1.807) is 6.20 Å². The summed E-state index contributed by atoms with van der Waals surface area (Å²) in [6.07, 6.45) is 4.36. The van der Waals surface area contributed by atoms with Crippen LogP contribution in [0.5, 0.6) is 5.75 Å². The molecule has 4 nitrogen and oxygen atoms in total. The fraction of sp³-hybridized carbons (Fsp3) is 0.389. The van der Waals surface area contributed by atoms with Crippen LogP contribution in [-0.4, -0.2) is 17.6 Å². The third-order valence-corrected chi connectivity index (χ3v) is 3.52. The first kappa shape index (κ1) is 16.3. The minimum absolute atomic E-state index is 0.0540. The maximum atomic E-state index is 6.14. The lowest BCUT2D eigenvalue weighted by molar-refractivity contribution is 0.286. The molecule has 1 atom stereocenters. The molecule has 0 radical (unpaired) electrons. The highest BCUT2D eigenvalue weighted by Crippen LogP contribution is 2.24. The number of nitrogen functional groups attached to an aromatic ring is 1. The van der Waals surface area contributed by atoms with Crippen molar-refractivity contribution in [3.8, 4) is 5.75 Å². The number of nitrogens with zero attached hydrogens (tertiary/aromatic N) is 1. The normalized spacial score (nSPS) is 12.9. The SMILES string of the molecule is CC(C)(C)c1cncc(OC[C@@H](N)Cc2ccc(N)cc2)c1. The molecule has 0 saturated heterocycles. The van der Waals surface area contributed by atoms with Crippen LogP contribution in [0.15, 0.2) is 42.7 Å². The molecule has 22 heavy (non-hydrogen) atoms. The molecule has 0 saturated carbocycles. The molecule has 1 aromatic carbocycles. The van der Waals surface area contributed by atoms with Gasteiger partial charge in [0.15, 0.2) is 0 Å². The van der Waals surface area contributed by atoms with Gasteiger partial charge in [-0.25, -0.2) is 0 Å². The zero-order valence-electron chi connectivity index (χ0n) is 13.5. The minimum Gasteiger partial charge on any atom is -0.490 e. The van der Waals surface area contributed by atoms with E-state index in [9.17, 15) is 0 Å². The van der Waals surface area contributed by atoms with Crippen LogP contribution in [0.3, 0.4) is 0 Å². The third kappa shape index (κ3) is 4.74. The maximum Gasteiger partial charge on any atom is 0.137 e. The molecule has 0 amide bonds. The van der Waals surface area contributed by atoms with E-state index >= 15 is 0 Å². The van der Waals surface area contributed by atoms with Crippen molar-refractivity contribution in [2.24, 2.45) is 5.73 Å². The topological polar surface area (TPSA) is 74.2 Å². The Kier molecular flexibility index (Phi) is 5.03. The lowest BCUT2D eigenvalue weighted by Crippen LogP contribution is -2.30. The lowest BCUT2D eigenvalue weighted by Gasteiger charge is -2.19. The molecule has 0 aliphatic rings. The molecule has 1 heterocycles. The number of rotatable bonds is 5. The highest BCUT2D eigenvalue weighted by Gasteiger charge is 2.15. The Morgan fingerprint density at radius 1 is 1.14 bits per heavy atom. The summed E-state index contributed by atoms with van der Waals surface area (Å²) in [5, 5.41) is 0. The van der Waals surface area contributed by atoms with Crippen LogP contribution in [0.25, 0.3) is 0 Å². The Bertz CT molecular complexity index is 602. The van der Waals surface area contributed by atoms with E-state index in [0.29, 0.717) is 6.61 Å². The van der Waals surface area contributed by atoms with Gasteiger partial charge in [-0.05, 0) is 41.2 Å². The summed E-state index contributed by atoms with van der Waals surface area (Å²) in [6, 6.07) is 9.73. The average molecular weight is 299 g/mol. The summed E-state index contributed by atoms with van der Waals surface area (Å²) in [7, 11) is 0. The summed E-state index contributed by atoms with van der Waals surface area (Å²) in [5.74, 6) is 0.764. The van der Waals surface area contributed by atoms with Gasteiger partial charge in [-0.1, -0.05) is 32.9 Å². The summed E-state index contributed by atoms with van der Waals surface area (Å²) in [6.45, 7) is 6.92. The molecule has 0 fully saturated rings. The van der Waals surface area contributed by atoms with Crippen LogP contribution in [0.1, 0.15) is 31.9 Å². The summed E-state index contributed by atoms with van der Waals surface area (Å²) in [5.41, 5.74) is 14.9. The molecule has 0 bridgehead atoms.